The third-order valence-electron chi connectivity index (χ3n) is 4.29. The standard InChI is InChI=1S/C16H26N2/c1-12-6-5-7-15(14(12)3)11-17-10-13(2)18(4)16-8-9-16/h5-7,13,16-17H,8-11H2,1-4H3. The number of hydrogen-bond acceptors (Lipinski definition) is 2. The van der Waals surface area contributed by atoms with E-state index in [1.807, 2.05) is 0 Å². The highest BCUT2D eigenvalue weighted by molar-refractivity contribution is 5.32. The predicted octanol–water partition coefficient (Wildman–Crippen LogP) is 2.88. The van der Waals surface area contributed by atoms with Gasteiger partial charge < -0.3 is 5.32 Å². The third-order valence-corrected chi connectivity index (χ3v) is 4.29. The van der Waals surface area contributed by atoms with Gasteiger partial charge in [-0.1, -0.05) is 18.2 Å². The van der Waals surface area contributed by atoms with Crippen LogP contribution in [-0.2, 0) is 6.54 Å². The van der Waals surface area contributed by atoms with E-state index in [1.54, 1.807) is 0 Å². The molecule has 1 atom stereocenters. The van der Waals surface area contributed by atoms with Crippen LogP contribution < -0.4 is 5.32 Å². The molecule has 1 aromatic rings. The van der Waals surface area contributed by atoms with Gasteiger partial charge in [-0.15, -0.1) is 0 Å². The van der Waals surface area contributed by atoms with Crippen LogP contribution >= 0.6 is 0 Å². The van der Waals surface area contributed by atoms with Crippen LogP contribution in [-0.4, -0.2) is 30.6 Å². The number of hydrogen-bond donors (Lipinski definition) is 1. The summed E-state index contributed by atoms with van der Waals surface area (Å²) in [4.78, 5) is 2.51. The van der Waals surface area contributed by atoms with E-state index in [0.717, 1.165) is 19.1 Å². The van der Waals surface area contributed by atoms with Crippen molar-refractivity contribution >= 4 is 0 Å². The SMILES string of the molecule is Cc1cccc(CNCC(C)N(C)C2CC2)c1C. The number of nitrogens with zero attached hydrogens (tertiary/aromatic N) is 1. The summed E-state index contributed by atoms with van der Waals surface area (Å²) < 4.78 is 0. The first-order chi connectivity index (χ1) is 8.59. The van der Waals surface area contributed by atoms with Crippen LogP contribution in [0.15, 0.2) is 18.2 Å². The minimum absolute atomic E-state index is 0.627. The highest BCUT2D eigenvalue weighted by atomic mass is 15.2. The maximum Gasteiger partial charge on any atom is 0.0208 e. The van der Waals surface area contributed by atoms with Crippen LogP contribution in [0.25, 0.3) is 0 Å². The molecule has 0 aromatic heterocycles. The molecule has 0 bridgehead atoms. The van der Waals surface area contributed by atoms with Crippen molar-refractivity contribution in [3.05, 3.63) is 34.9 Å². The Morgan fingerprint density at radius 1 is 1.33 bits per heavy atom. The van der Waals surface area contributed by atoms with E-state index in [1.165, 1.54) is 29.5 Å². The summed E-state index contributed by atoms with van der Waals surface area (Å²) in [7, 11) is 2.25. The summed E-state index contributed by atoms with van der Waals surface area (Å²) in [6.45, 7) is 8.76. The lowest BCUT2D eigenvalue weighted by atomic mass is 10.0. The molecule has 1 unspecified atom stereocenters. The van der Waals surface area contributed by atoms with Gasteiger partial charge in [0, 0.05) is 25.2 Å². The third kappa shape index (κ3) is 3.33. The van der Waals surface area contributed by atoms with Crippen molar-refractivity contribution in [2.75, 3.05) is 13.6 Å². The highest BCUT2D eigenvalue weighted by Gasteiger charge is 2.28. The second-order valence-electron chi connectivity index (χ2n) is 5.74. The number of rotatable bonds is 6. The second-order valence-corrected chi connectivity index (χ2v) is 5.74. The largest absolute Gasteiger partial charge is 0.311 e. The normalized spacial score (nSPS) is 17.2. The van der Waals surface area contributed by atoms with Crippen LogP contribution in [0.5, 0.6) is 0 Å². The zero-order valence-corrected chi connectivity index (χ0v) is 12.2. The minimum Gasteiger partial charge on any atom is -0.311 e. The molecule has 0 heterocycles. The molecule has 100 valence electrons. The van der Waals surface area contributed by atoms with Gasteiger partial charge in [0.05, 0.1) is 0 Å². The zero-order chi connectivity index (χ0) is 13.1. The minimum atomic E-state index is 0.627. The van der Waals surface area contributed by atoms with Crippen molar-refractivity contribution in [3.8, 4) is 0 Å². The number of nitrogens with one attached hydrogen (secondary N) is 1. The van der Waals surface area contributed by atoms with Gasteiger partial charge in [-0.2, -0.15) is 0 Å². The molecule has 0 amide bonds. The van der Waals surface area contributed by atoms with E-state index in [-0.39, 0.29) is 0 Å². The van der Waals surface area contributed by atoms with Crippen LogP contribution in [0.4, 0.5) is 0 Å². The van der Waals surface area contributed by atoms with Crippen molar-refractivity contribution in [3.63, 3.8) is 0 Å². The monoisotopic (exact) mass is 246 g/mol. The van der Waals surface area contributed by atoms with Crippen molar-refractivity contribution in [2.24, 2.45) is 0 Å². The number of benzene rings is 1. The van der Waals surface area contributed by atoms with Gasteiger partial charge in [0.25, 0.3) is 0 Å². The molecule has 18 heavy (non-hydrogen) atoms. The molecule has 2 heteroatoms. The molecule has 0 spiro atoms. The first-order valence-electron chi connectivity index (χ1n) is 7.07. The Labute approximate surface area is 111 Å². The average Bonchev–Trinajstić information content (AvgIpc) is 3.17. The van der Waals surface area contributed by atoms with Gasteiger partial charge in [0.2, 0.25) is 0 Å². The smallest absolute Gasteiger partial charge is 0.0208 e. The van der Waals surface area contributed by atoms with Gasteiger partial charge in [-0.25, -0.2) is 0 Å². The maximum atomic E-state index is 3.59. The fourth-order valence-electron chi connectivity index (χ4n) is 2.40. The molecule has 1 aromatic carbocycles. The lowest BCUT2D eigenvalue weighted by Gasteiger charge is -2.25. The lowest BCUT2D eigenvalue weighted by Crippen LogP contribution is -2.39. The van der Waals surface area contributed by atoms with Crippen molar-refractivity contribution < 1.29 is 0 Å². The molecular weight excluding hydrogens is 220 g/mol. The van der Waals surface area contributed by atoms with E-state index in [0.29, 0.717) is 6.04 Å². The summed E-state index contributed by atoms with van der Waals surface area (Å²) in [5, 5.41) is 3.59. The Hall–Kier alpha value is -0.860. The summed E-state index contributed by atoms with van der Waals surface area (Å²) in [5.41, 5.74) is 4.24. The molecule has 1 aliphatic carbocycles. The Morgan fingerprint density at radius 2 is 2.06 bits per heavy atom. The van der Waals surface area contributed by atoms with E-state index in [9.17, 15) is 0 Å². The average molecular weight is 246 g/mol. The Morgan fingerprint density at radius 3 is 2.72 bits per heavy atom. The van der Waals surface area contributed by atoms with Crippen LogP contribution in [0, 0.1) is 13.8 Å². The van der Waals surface area contributed by atoms with Gasteiger partial charge in [0.15, 0.2) is 0 Å². The first-order valence-corrected chi connectivity index (χ1v) is 7.07. The molecule has 1 N–H and O–H groups in total. The van der Waals surface area contributed by atoms with Crippen molar-refractivity contribution in [1.29, 1.82) is 0 Å². The van der Waals surface area contributed by atoms with E-state index < -0.39 is 0 Å². The molecule has 2 nitrogen and oxygen atoms in total. The summed E-state index contributed by atoms with van der Waals surface area (Å²) in [6, 6.07) is 8.04. The fraction of sp³-hybridized carbons (Fsp3) is 0.625. The van der Waals surface area contributed by atoms with Gasteiger partial charge >= 0.3 is 0 Å². The van der Waals surface area contributed by atoms with Crippen LogP contribution in [0.3, 0.4) is 0 Å². The van der Waals surface area contributed by atoms with E-state index in [2.05, 4.69) is 56.2 Å². The topological polar surface area (TPSA) is 15.3 Å². The zero-order valence-electron chi connectivity index (χ0n) is 12.2. The fourth-order valence-corrected chi connectivity index (χ4v) is 2.40. The Balaban J connectivity index is 1.79. The first kappa shape index (κ1) is 13.6. The summed E-state index contributed by atoms with van der Waals surface area (Å²) in [5.74, 6) is 0. The van der Waals surface area contributed by atoms with Crippen molar-refractivity contribution in [1.82, 2.24) is 10.2 Å². The van der Waals surface area contributed by atoms with Gasteiger partial charge in [0.1, 0.15) is 0 Å². The van der Waals surface area contributed by atoms with Gasteiger partial charge in [-0.05, 0) is 57.4 Å². The Kier molecular flexibility index (Phi) is 4.41. The Bertz CT molecular complexity index is 396. The molecule has 1 saturated carbocycles. The summed E-state index contributed by atoms with van der Waals surface area (Å²) in [6.07, 6.45) is 2.77. The van der Waals surface area contributed by atoms with Gasteiger partial charge in [-0.3, -0.25) is 4.90 Å². The molecule has 1 aliphatic rings. The van der Waals surface area contributed by atoms with Crippen molar-refractivity contribution in [2.45, 2.75) is 52.2 Å². The molecule has 0 aliphatic heterocycles. The van der Waals surface area contributed by atoms with E-state index in [4.69, 9.17) is 0 Å². The highest BCUT2D eigenvalue weighted by Crippen LogP contribution is 2.26. The molecule has 0 radical (unpaired) electrons. The summed E-state index contributed by atoms with van der Waals surface area (Å²) >= 11 is 0. The molecular formula is C16H26N2. The lowest BCUT2D eigenvalue weighted by molar-refractivity contribution is 0.241. The number of likely N-dealkylation sites (N-methyl/N-ethyl adjacent to an activating group) is 1. The quantitative estimate of drug-likeness (QED) is 0.830. The second kappa shape index (κ2) is 5.85. The molecule has 0 saturated heterocycles. The van der Waals surface area contributed by atoms with E-state index >= 15 is 0 Å². The predicted molar refractivity (Wildman–Crippen MR) is 77.9 cm³/mol. The maximum absolute atomic E-state index is 3.59. The van der Waals surface area contributed by atoms with Crippen LogP contribution in [0.2, 0.25) is 0 Å². The number of aryl methyl sites for hydroxylation is 1. The van der Waals surface area contributed by atoms with Crippen LogP contribution in [0.1, 0.15) is 36.5 Å². The molecule has 2 rings (SSSR count). The molecule has 1 fully saturated rings.